The van der Waals surface area contributed by atoms with Crippen LogP contribution in [0.2, 0.25) is 0 Å². The highest BCUT2D eigenvalue weighted by Gasteiger charge is 2.14. The van der Waals surface area contributed by atoms with Crippen molar-refractivity contribution in [2.45, 2.75) is 25.8 Å². The molecule has 0 spiro atoms. The topological polar surface area (TPSA) is 50.7 Å². The zero-order chi connectivity index (χ0) is 14.5. The van der Waals surface area contributed by atoms with Gasteiger partial charge in [0.25, 0.3) is 0 Å². The Hall–Kier alpha value is -1.85. The Bertz CT molecular complexity index is 696. The van der Waals surface area contributed by atoms with Crippen molar-refractivity contribution in [3.63, 3.8) is 0 Å². The Morgan fingerprint density at radius 1 is 1.10 bits per heavy atom. The van der Waals surface area contributed by atoms with Crippen LogP contribution < -0.4 is 5.32 Å². The summed E-state index contributed by atoms with van der Waals surface area (Å²) in [6.45, 7) is 3.17. The summed E-state index contributed by atoms with van der Waals surface area (Å²) in [5.41, 5.74) is 3.12. The van der Waals surface area contributed by atoms with Crippen molar-refractivity contribution in [2.24, 2.45) is 0 Å². The van der Waals surface area contributed by atoms with Gasteiger partial charge in [0.2, 0.25) is 0 Å². The van der Waals surface area contributed by atoms with Gasteiger partial charge in [-0.15, -0.1) is 11.3 Å². The van der Waals surface area contributed by atoms with Crippen LogP contribution in [-0.2, 0) is 6.42 Å². The molecule has 0 aliphatic rings. The highest BCUT2D eigenvalue weighted by molar-refractivity contribution is 7.09. The van der Waals surface area contributed by atoms with E-state index in [2.05, 4.69) is 39.3 Å². The standard InChI is InChI=1S/C16H18N4S/c1-2-5-17-14(11-16-20-8-9-21-16)12-3-4-13-15(10-12)19-7-6-18-13/h3-4,6-10,14,17H,2,5,11H2,1H3. The highest BCUT2D eigenvalue weighted by Crippen LogP contribution is 2.22. The summed E-state index contributed by atoms with van der Waals surface area (Å²) < 4.78 is 0. The molecule has 0 aliphatic carbocycles. The maximum Gasteiger partial charge on any atom is 0.0943 e. The molecule has 2 aromatic heterocycles. The summed E-state index contributed by atoms with van der Waals surface area (Å²) in [7, 11) is 0. The van der Waals surface area contributed by atoms with Crippen molar-refractivity contribution >= 4 is 22.4 Å². The van der Waals surface area contributed by atoms with Gasteiger partial charge < -0.3 is 5.32 Å². The molecule has 1 aromatic carbocycles. The number of nitrogens with zero attached hydrogens (tertiary/aromatic N) is 3. The van der Waals surface area contributed by atoms with Crippen LogP contribution in [0.1, 0.15) is 30.0 Å². The Labute approximate surface area is 128 Å². The molecule has 2 heterocycles. The first kappa shape index (κ1) is 14.1. The van der Waals surface area contributed by atoms with Crippen LogP contribution in [0.3, 0.4) is 0 Å². The van der Waals surface area contributed by atoms with Gasteiger partial charge in [0.1, 0.15) is 0 Å². The molecular formula is C16H18N4S. The first-order valence-electron chi connectivity index (χ1n) is 7.19. The Morgan fingerprint density at radius 3 is 2.71 bits per heavy atom. The summed E-state index contributed by atoms with van der Waals surface area (Å²) in [4.78, 5) is 13.1. The van der Waals surface area contributed by atoms with Crippen molar-refractivity contribution in [3.05, 3.63) is 52.7 Å². The van der Waals surface area contributed by atoms with Gasteiger partial charge in [-0.1, -0.05) is 13.0 Å². The molecule has 1 unspecified atom stereocenters. The molecule has 21 heavy (non-hydrogen) atoms. The molecule has 3 rings (SSSR count). The number of aromatic nitrogens is 3. The number of hydrogen-bond donors (Lipinski definition) is 1. The third-order valence-electron chi connectivity index (χ3n) is 3.40. The third-order valence-corrected chi connectivity index (χ3v) is 4.20. The first-order chi connectivity index (χ1) is 10.4. The number of hydrogen-bond acceptors (Lipinski definition) is 5. The van der Waals surface area contributed by atoms with Crippen LogP contribution in [0.4, 0.5) is 0 Å². The van der Waals surface area contributed by atoms with E-state index >= 15 is 0 Å². The SMILES string of the molecule is CCCNC(Cc1nccs1)c1ccc2nccnc2c1. The fraction of sp³-hybridized carbons (Fsp3) is 0.312. The van der Waals surface area contributed by atoms with Crippen LogP contribution in [0.5, 0.6) is 0 Å². The predicted molar refractivity (Wildman–Crippen MR) is 86.4 cm³/mol. The van der Waals surface area contributed by atoms with Crippen LogP contribution in [0.25, 0.3) is 11.0 Å². The number of rotatable bonds is 6. The zero-order valence-electron chi connectivity index (χ0n) is 12.0. The average Bonchev–Trinajstić information content (AvgIpc) is 3.04. The van der Waals surface area contributed by atoms with Gasteiger partial charge in [0.05, 0.1) is 16.0 Å². The van der Waals surface area contributed by atoms with Gasteiger partial charge >= 0.3 is 0 Å². The lowest BCUT2D eigenvalue weighted by molar-refractivity contribution is 0.528. The number of fused-ring (bicyclic) bond motifs is 1. The van der Waals surface area contributed by atoms with E-state index in [1.165, 1.54) is 5.56 Å². The molecule has 108 valence electrons. The minimum Gasteiger partial charge on any atom is -0.310 e. The quantitative estimate of drug-likeness (QED) is 0.758. The summed E-state index contributed by atoms with van der Waals surface area (Å²) in [6.07, 6.45) is 7.35. The lowest BCUT2D eigenvalue weighted by atomic mass is 10.0. The van der Waals surface area contributed by atoms with Crippen LogP contribution in [0, 0.1) is 0 Å². The first-order valence-corrected chi connectivity index (χ1v) is 8.07. The van der Waals surface area contributed by atoms with Crippen molar-refractivity contribution < 1.29 is 0 Å². The van der Waals surface area contributed by atoms with Gasteiger partial charge in [-0.25, -0.2) is 4.98 Å². The van der Waals surface area contributed by atoms with Gasteiger partial charge in [0.15, 0.2) is 0 Å². The van der Waals surface area contributed by atoms with Crippen LogP contribution in [-0.4, -0.2) is 21.5 Å². The van der Waals surface area contributed by atoms with Crippen molar-refractivity contribution in [2.75, 3.05) is 6.54 Å². The maximum absolute atomic E-state index is 4.40. The van der Waals surface area contributed by atoms with E-state index in [0.717, 1.165) is 35.4 Å². The Balaban J connectivity index is 1.89. The second kappa shape index (κ2) is 6.74. The second-order valence-electron chi connectivity index (χ2n) is 4.94. The largest absolute Gasteiger partial charge is 0.310 e. The lowest BCUT2D eigenvalue weighted by Crippen LogP contribution is -2.24. The van der Waals surface area contributed by atoms with Crippen molar-refractivity contribution in [1.82, 2.24) is 20.3 Å². The molecule has 1 atom stereocenters. The Kier molecular flexibility index (Phi) is 4.52. The fourth-order valence-electron chi connectivity index (χ4n) is 2.35. The smallest absolute Gasteiger partial charge is 0.0943 e. The predicted octanol–water partition coefficient (Wildman–Crippen LogP) is 3.37. The molecule has 0 saturated heterocycles. The minimum atomic E-state index is 0.266. The van der Waals surface area contributed by atoms with E-state index in [1.54, 1.807) is 23.7 Å². The van der Waals surface area contributed by atoms with E-state index in [4.69, 9.17) is 0 Å². The number of thiazole rings is 1. The van der Waals surface area contributed by atoms with Crippen LogP contribution >= 0.6 is 11.3 Å². The molecule has 1 N–H and O–H groups in total. The molecule has 5 heteroatoms. The molecule has 0 amide bonds. The molecule has 0 aliphatic heterocycles. The normalized spacial score (nSPS) is 12.6. The monoisotopic (exact) mass is 298 g/mol. The average molecular weight is 298 g/mol. The maximum atomic E-state index is 4.40. The number of benzene rings is 1. The molecule has 0 radical (unpaired) electrons. The van der Waals surface area contributed by atoms with E-state index in [1.807, 2.05) is 17.6 Å². The molecule has 0 fully saturated rings. The summed E-state index contributed by atoms with van der Waals surface area (Å²) in [6, 6.07) is 6.57. The van der Waals surface area contributed by atoms with Gasteiger partial charge in [0, 0.05) is 36.4 Å². The van der Waals surface area contributed by atoms with E-state index in [0.29, 0.717) is 0 Å². The van der Waals surface area contributed by atoms with Gasteiger partial charge in [-0.3, -0.25) is 9.97 Å². The molecule has 0 bridgehead atoms. The van der Waals surface area contributed by atoms with Crippen LogP contribution in [0.15, 0.2) is 42.2 Å². The molecular weight excluding hydrogens is 280 g/mol. The van der Waals surface area contributed by atoms with Crippen molar-refractivity contribution in [3.8, 4) is 0 Å². The van der Waals surface area contributed by atoms with E-state index in [-0.39, 0.29) is 6.04 Å². The number of nitrogens with one attached hydrogen (secondary N) is 1. The molecule has 4 nitrogen and oxygen atoms in total. The summed E-state index contributed by atoms with van der Waals surface area (Å²) in [5.74, 6) is 0. The molecule has 0 saturated carbocycles. The highest BCUT2D eigenvalue weighted by atomic mass is 32.1. The summed E-state index contributed by atoms with van der Waals surface area (Å²) >= 11 is 1.70. The Morgan fingerprint density at radius 2 is 1.95 bits per heavy atom. The fourth-order valence-corrected chi connectivity index (χ4v) is 3.02. The van der Waals surface area contributed by atoms with E-state index < -0.39 is 0 Å². The second-order valence-corrected chi connectivity index (χ2v) is 5.92. The van der Waals surface area contributed by atoms with Crippen molar-refractivity contribution in [1.29, 1.82) is 0 Å². The third kappa shape index (κ3) is 3.43. The molecule has 3 aromatic rings. The lowest BCUT2D eigenvalue weighted by Gasteiger charge is -2.18. The van der Waals surface area contributed by atoms with Gasteiger partial charge in [-0.2, -0.15) is 0 Å². The zero-order valence-corrected chi connectivity index (χ0v) is 12.8. The van der Waals surface area contributed by atoms with Gasteiger partial charge in [-0.05, 0) is 30.7 Å². The van der Waals surface area contributed by atoms with E-state index in [9.17, 15) is 0 Å². The minimum absolute atomic E-state index is 0.266. The summed E-state index contributed by atoms with van der Waals surface area (Å²) in [5, 5.41) is 6.79.